The van der Waals surface area contributed by atoms with Crippen LogP contribution < -0.4 is 4.90 Å². The van der Waals surface area contributed by atoms with Crippen LogP contribution in [0.25, 0.3) is 97.0 Å². The van der Waals surface area contributed by atoms with Gasteiger partial charge in [-0.25, -0.2) is 0 Å². The number of hydrogen-bond donors (Lipinski definition) is 0. The van der Waals surface area contributed by atoms with E-state index in [1.54, 1.807) is 0 Å². The van der Waals surface area contributed by atoms with Crippen molar-refractivity contribution >= 4 is 92.1 Å². The summed E-state index contributed by atoms with van der Waals surface area (Å²) in [6.45, 7) is 0. The van der Waals surface area contributed by atoms with E-state index in [1.807, 2.05) is 17.4 Å². The second kappa shape index (κ2) is 13.6. The predicted molar refractivity (Wildman–Crippen MR) is 253 cm³/mol. The summed E-state index contributed by atoms with van der Waals surface area (Å²) < 4.78 is 9.10. The Morgan fingerprint density at radius 2 is 0.932 bits per heavy atom. The molecule has 12 aromatic rings. The Balaban J connectivity index is 0.933. The van der Waals surface area contributed by atoms with E-state index in [0.717, 1.165) is 61.3 Å². The van der Waals surface area contributed by atoms with E-state index in [-0.39, 0.29) is 0 Å². The van der Waals surface area contributed by atoms with E-state index in [0.29, 0.717) is 0 Å². The minimum atomic E-state index is 0.895. The van der Waals surface area contributed by atoms with E-state index < -0.39 is 0 Å². The molecule has 0 amide bonds. The fourth-order valence-corrected chi connectivity index (χ4v) is 10.0. The molecule has 0 aliphatic rings. The van der Waals surface area contributed by atoms with Crippen molar-refractivity contribution in [3.63, 3.8) is 0 Å². The highest BCUT2D eigenvalue weighted by Crippen LogP contribution is 2.43. The van der Waals surface area contributed by atoms with Gasteiger partial charge in [-0.3, -0.25) is 0 Å². The molecule has 10 aromatic carbocycles. The molecule has 2 heterocycles. The molecule has 59 heavy (non-hydrogen) atoms. The molecule has 0 atom stereocenters. The van der Waals surface area contributed by atoms with Crippen LogP contribution in [0.3, 0.4) is 0 Å². The summed E-state index contributed by atoms with van der Waals surface area (Å²) in [5, 5.41) is 9.91. The minimum Gasteiger partial charge on any atom is -0.455 e. The van der Waals surface area contributed by atoms with Gasteiger partial charge in [-0.05, 0) is 116 Å². The van der Waals surface area contributed by atoms with Gasteiger partial charge in [-0.2, -0.15) is 0 Å². The third-order valence-corrected chi connectivity index (χ3v) is 13.0. The molecular formula is C56H35NOS. The van der Waals surface area contributed by atoms with Crippen LogP contribution in [0.1, 0.15) is 0 Å². The number of para-hydroxylation sites is 1. The van der Waals surface area contributed by atoms with Crippen LogP contribution in [0.4, 0.5) is 17.1 Å². The highest BCUT2D eigenvalue weighted by molar-refractivity contribution is 7.25. The Bertz CT molecular complexity index is 3540. The van der Waals surface area contributed by atoms with Gasteiger partial charge in [0.25, 0.3) is 0 Å². The quantitative estimate of drug-likeness (QED) is 0.157. The minimum absolute atomic E-state index is 0.895. The molecule has 2 aromatic heterocycles. The highest BCUT2D eigenvalue weighted by atomic mass is 32.1. The fraction of sp³-hybridized carbons (Fsp3) is 0. The Labute approximate surface area is 345 Å². The van der Waals surface area contributed by atoms with Gasteiger partial charge in [-0.15, -0.1) is 11.3 Å². The number of rotatable bonds is 6. The summed E-state index contributed by atoms with van der Waals surface area (Å²) >= 11 is 1.85. The number of thiophene rings is 1. The topological polar surface area (TPSA) is 16.4 Å². The lowest BCUT2D eigenvalue weighted by Crippen LogP contribution is -2.09. The number of anilines is 3. The molecular weight excluding hydrogens is 735 g/mol. The lowest BCUT2D eigenvalue weighted by molar-refractivity contribution is 0.670. The van der Waals surface area contributed by atoms with Crippen molar-refractivity contribution in [3.05, 3.63) is 212 Å². The normalized spacial score (nSPS) is 11.7. The van der Waals surface area contributed by atoms with E-state index in [2.05, 4.69) is 211 Å². The van der Waals surface area contributed by atoms with Crippen LogP contribution in [0.15, 0.2) is 217 Å². The first kappa shape index (κ1) is 33.7. The van der Waals surface area contributed by atoms with Crippen molar-refractivity contribution < 1.29 is 4.42 Å². The second-order valence-corrected chi connectivity index (χ2v) is 16.4. The molecule has 0 aliphatic carbocycles. The molecule has 0 saturated carbocycles. The smallest absolute Gasteiger partial charge is 0.143 e. The average Bonchev–Trinajstić information content (AvgIpc) is 3.87. The second-order valence-electron chi connectivity index (χ2n) is 15.3. The van der Waals surface area contributed by atoms with Crippen molar-refractivity contribution in [2.45, 2.75) is 0 Å². The van der Waals surface area contributed by atoms with E-state index >= 15 is 0 Å². The van der Waals surface area contributed by atoms with Gasteiger partial charge in [0.05, 0.1) is 0 Å². The molecule has 0 N–H and O–H groups in total. The SMILES string of the molecule is c1ccc(-c2cccc3c2oc2ccc(-c4ccc(N(c5ccc(-c6ccc7c(ccc8ccccc87)c6)cc5)c5ccc6sc7ccccc7c6c5)cc4)cc23)cc1. The molecule has 12 rings (SSSR count). The molecule has 0 fully saturated rings. The molecule has 0 bridgehead atoms. The Kier molecular flexibility index (Phi) is 7.75. The van der Waals surface area contributed by atoms with Gasteiger partial charge in [0, 0.05) is 53.6 Å². The first-order valence-electron chi connectivity index (χ1n) is 20.1. The van der Waals surface area contributed by atoms with Crippen molar-refractivity contribution in [3.8, 4) is 33.4 Å². The lowest BCUT2D eigenvalue weighted by atomic mass is 9.97. The Morgan fingerprint density at radius 3 is 1.75 bits per heavy atom. The van der Waals surface area contributed by atoms with Gasteiger partial charge >= 0.3 is 0 Å². The molecule has 0 radical (unpaired) electrons. The van der Waals surface area contributed by atoms with Gasteiger partial charge in [-0.1, -0.05) is 146 Å². The number of fused-ring (bicyclic) bond motifs is 9. The maximum atomic E-state index is 6.49. The fourth-order valence-electron chi connectivity index (χ4n) is 8.92. The Hall–Kier alpha value is -7.46. The van der Waals surface area contributed by atoms with Crippen LogP contribution in [-0.4, -0.2) is 0 Å². The summed E-state index contributed by atoms with van der Waals surface area (Å²) in [6, 6.07) is 77.0. The first-order chi connectivity index (χ1) is 29.2. The van der Waals surface area contributed by atoms with Crippen LogP contribution >= 0.6 is 11.3 Å². The van der Waals surface area contributed by atoms with Crippen LogP contribution in [0.5, 0.6) is 0 Å². The average molecular weight is 770 g/mol. The standard InChI is InChI=1S/C56H35NOS/c1-2-9-38(10-3-1)48-14-8-15-50-51-34-41(24-31-53(51)58-56(48)50)37-21-27-44(28-22-37)57(45-29-32-55-52(35-45)49-13-6-7-16-54(49)59-55)43-25-19-36(20-26-43)40-23-30-47-42(33-40)18-17-39-11-4-5-12-46(39)47/h1-35H. The summed E-state index contributed by atoms with van der Waals surface area (Å²) in [6.07, 6.45) is 0. The van der Waals surface area contributed by atoms with Crippen molar-refractivity contribution in [2.24, 2.45) is 0 Å². The summed E-state index contributed by atoms with van der Waals surface area (Å²) in [4.78, 5) is 2.38. The summed E-state index contributed by atoms with van der Waals surface area (Å²) in [7, 11) is 0. The molecule has 0 saturated heterocycles. The highest BCUT2D eigenvalue weighted by Gasteiger charge is 2.17. The number of benzene rings is 10. The lowest BCUT2D eigenvalue weighted by Gasteiger charge is -2.26. The first-order valence-corrected chi connectivity index (χ1v) is 20.9. The molecule has 2 nitrogen and oxygen atoms in total. The van der Waals surface area contributed by atoms with Crippen molar-refractivity contribution in [1.29, 1.82) is 0 Å². The third kappa shape index (κ3) is 5.70. The number of nitrogens with zero attached hydrogens (tertiary/aromatic N) is 1. The summed E-state index contributed by atoms with van der Waals surface area (Å²) in [5.41, 5.74) is 12.1. The zero-order valence-electron chi connectivity index (χ0n) is 32.0. The van der Waals surface area contributed by atoms with Gasteiger partial charge in [0.2, 0.25) is 0 Å². The van der Waals surface area contributed by atoms with Crippen LogP contribution in [0.2, 0.25) is 0 Å². The Morgan fingerprint density at radius 1 is 0.322 bits per heavy atom. The molecule has 0 aliphatic heterocycles. The van der Waals surface area contributed by atoms with Crippen molar-refractivity contribution in [2.75, 3.05) is 4.90 Å². The zero-order chi connectivity index (χ0) is 38.9. The monoisotopic (exact) mass is 769 g/mol. The van der Waals surface area contributed by atoms with Gasteiger partial charge < -0.3 is 9.32 Å². The maximum absolute atomic E-state index is 6.49. The van der Waals surface area contributed by atoms with Gasteiger partial charge in [0.1, 0.15) is 11.2 Å². The number of hydrogen-bond acceptors (Lipinski definition) is 3. The molecule has 0 spiro atoms. The number of furan rings is 1. The molecule has 0 unspecified atom stereocenters. The third-order valence-electron chi connectivity index (χ3n) is 11.9. The molecule has 3 heteroatoms. The van der Waals surface area contributed by atoms with Gasteiger partial charge in [0.15, 0.2) is 0 Å². The van der Waals surface area contributed by atoms with E-state index in [4.69, 9.17) is 4.42 Å². The zero-order valence-corrected chi connectivity index (χ0v) is 32.8. The van der Waals surface area contributed by atoms with Crippen LogP contribution in [0, 0.1) is 0 Å². The van der Waals surface area contributed by atoms with E-state index in [9.17, 15) is 0 Å². The van der Waals surface area contributed by atoms with Crippen LogP contribution in [-0.2, 0) is 0 Å². The molecule has 276 valence electrons. The van der Waals surface area contributed by atoms with E-state index in [1.165, 1.54) is 52.8 Å². The summed E-state index contributed by atoms with van der Waals surface area (Å²) in [5.74, 6) is 0. The largest absolute Gasteiger partial charge is 0.455 e. The van der Waals surface area contributed by atoms with Crippen molar-refractivity contribution in [1.82, 2.24) is 0 Å². The predicted octanol–water partition coefficient (Wildman–Crippen LogP) is 16.7. The maximum Gasteiger partial charge on any atom is 0.143 e.